The van der Waals surface area contributed by atoms with Gasteiger partial charge < -0.3 is 4.90 Å². The molecule has 6 nitrogen and oxygen atoms in total. The van der Waals surface area contributed by atoms with E-state index in [4.69, 9.17) is 9.97 Å². The van der Waals surface area contributed by atoms with E-state index in [9.17, 15) is 8.42 Å². The van der Waals surface area contributed by atoms with Crippen LogP contribution >= 0.6 is 27.3 Å². The number of rotatable bonds is 6. The van der Waals surface area contributed by atoms with Crippen molar-refractivity contribution in [1.29, 1.82) is 0 Å². The first-order valence-electron chi connectivity index (χ1n) is 12.8. The molecule has 0 saturated carbocycles. The maximum atomic E-state index is 13.2. The monoisotopic (exact) mass is 596 g/mol. The quantitative estimate of drug-likeness (QED) is 0.288. The Morgan fingerprint density at radius 1 is 0.865 bits per heavy atom. The minimum absolute atomic E-state index is 0.337. The van der Waals surface area contributed by atoms with E-state index < -0.39 is 10.0 Å². The molecule has 0 spiro atoms. The number of sulfonamides is 1. The molecule has 2 aromatic carbocycles. The van der Waals surface area contributed by atoms with Gasteiger partial charge in [0.2, 0.25) is 10.0 Å². The molecule has 192 valence electrons. The molecule has 0 N–H and O–H groups in total. The van der Waals surface area contributed by atoms with Crippen LogP contribution in [0.15, 0.2) is 64.0 Å². The fourth-order valence-electron chi connectivity index (χ4n) is 5.32. The third-order valence-corrected chi connectivity index (χ3v) is 10.9. The summed E-state index contributed by atoms with van der Waals surface area (Å²) in [5.74, 6) is 1.86. The van der Waals surface area contributed by atoms with Gasteiger partial charge in [0.1, 0.15) is 16.5 Å². The highest BCUT2D eigenvalue weighted by molar-refractivity contribution is 9.10. The first-order valence-corrected chi connectivity index (χ1v) is 15.9. The van der Waals surface area contributed by atoms with Crippen molar-refractivity contribution in [3.05, 3.63) is 80.9 Å². The van der Waals surface area contributed by atoms with Gasteiger partial charge in [-0.25, -0.2) is 18.4 Å². The van der Waals surface area contributed by atoms with Crippen molar-refractivity contribution >= 4 is 53.3 Å². The van der Waals surface area contributed by atoms with Gasteiger partial charge in [-0.3, -0.25) is 0 Å². The predicted molar refractivity (Wildman–Crippen MR) is 153 cm³/mol. The van der Waals surface area contributed by atoms with Crippen LogP contribution in [0.25, 0.3) is 10.2 Å². The summed E-state index contributed by atoms with van der Waals surface area (Å²) in [5, 5.41) is 1.20. The highest BCUT2D eigenvalue weighted by atomic mass is 79.9. The molecule has 37 heavy (non-hydrogen) atoms. The largest absolute Gasteiger partial charge is 0.353 e. The third kappa shape index (κ3) is 5.06. The van der Waals surface area contributed by atoms with Crippen LogP contribution in [-0.4, -0.2) is 48.9 Å². The Morgan fingerprint density at radius 3 is 2.35 bits per heavy atom. The van der Waals surface area contributed by atoms with E-state index in [-0.39, 0.29) is 0 Å². The number of nitrogens with zero attached hydrogens (tertiary/aromatic N) is 4. The van der Waals surface area contributed by atoms with Gasteiger partial charge in [0.15, 0.2) is 0 Å². The first kappa shape index (κ1) is 25.0. The van der Waals surface area contributed by atoms with Crippen LogP contribution in [0.3, 0.4) is 0 Å². The molecule has 0 unspecified atom stereocenters. The summed E-state index contributed by atoms with van der Waals surface area (Å²) >= 11 is 5.22. The van der Waals surface area contributed by atoms with Crippen molar-refractivity contribution in [2.45, 2.75) is 43.4 Å². The average molecular weight is 598 g/mol. The SMILES string of the molecule is O=S(=O)(c1ccc(Br)cc1)N1CCN(c2nc(CCc3ccccc3)nc3sc4c(c23)CCCC4)CC1. The lowest BCUT2D eigenvalue weighted by Crippen LogP contribution is -2.49. The molecule has 2 aromatic heterocycles. The van der Waals surface area contributed by atoms with Crippen LogP contribution < -0.4 is 4.90 Å². The lowest BCUT2D eigenvalue weighted by molar-refractivity contribution is 0.384. The molecule has 2 aliphatic rings. The highest BCUT2D eigenvalue weighted by Gasteiger charge is 2.31. The number of thiophene rings is 1. The fraction of sp³-hybridized carbons (Fsp3) is 0.357. The number of piperazine rings is 1. The molecular formula is C28H29BrN4O2S2. The molecule has 9 heteroatoms. The Hall–Kier alpha value is -2.33. The zero-order valence-electron chi connectivity index (χ0n) is 20.6. The molecule has 1 aliphatic heterocycles. The van der Waals surface area contributed by atoms with E-state index in [0.29, 0.717) is 31.1 Å². The summed E-state index contributed by atoms with van der Waals surface area (Å²) in [5.41, 5.74) is 2.70. The molecule has 4 aromatic rings. The Labute approximate surface area is 230 Å². The van der Waals surface area contributed by atoms with Gasteiger partial charge >= 0.3 is 0 Å². The van der Waals surface area contributed by atoms with Crippen LogP contribution in [0.4, 0.5) is 5.82 Å². The smallest absolute Gasteiger partial charge is 0.243 e. The molecular weight excluding hydrogens is 568 g/mol. The van der Waals surface area contributed by atoms with E-state index >= 15 is 0 Å². The van der Waals surface area contributed by atoms with E-state index in [1.807, 2.05) is 17.4 Å². The van der Waals surface area contributed by atoms with E-state index in [0.717, 1.165) is 46.6 Å². The molecule has 0 atom stereocenters. The number of fused-ring (bicyclic) bond motifs is 3. The fourth-order valence-corrected chi connectivity index (χ4v) is 8.28. The van der Waals surface area contributed by atoms with Crippen molar-refractivity contribution in [2.75, 3.05) is 31.1 Å². The Bertz CT molecular complexity index is 1510. The van der Waals surface area contributed by atoms with Gasteiger partial charge in [0.25, 0.3) is 0 Å². The normalized spacial score (nSPS) is 16.7. The molecule has 0 amide bonds. The summed E-state index contributed by atoms with van der Waals surface area (Å²) in [4.78, 5) is 15.3. The van der Waals surface area contributed by atoms with Crippen LogP contribution in [0, 0.1) is 0 Å². The standard InChI is InChI=1S/C28H29BrN4O2S2/c29-21-11-13-22(14-12-21)37(34,35)33-18-16-32(17-19-33)27-26-23-8-4-5-9-24(23)36-28(26)31-25(30-27)15-10-20-6-2-1-3-7-20/h1-3,6-7,11-14H,4-5,8-10,15-19H2. The molecule has 3 heterocycles. The highest BCUT2D eigenvalue weighted by Crippen LogP contribution is 2.40. The first-order chi connectivity index (χ1) is 18.0. The number of aromatic nitrogens is 2. The number of hydrogen-bond donors (Lipinski definition) is 0. The number of benzene rings is 2. The summed E-state index contributed by atoms with van der Waals surface area (Å²) in [6.07, 6.45) is 6.31. The third-order valence-electron chi connectivity index (χ3n) is 7.31. The molecule has 0 radical (unpaired) electrons. The van der Waals surface area contributed by atoms with Gasteiger partial charge in [-0.1, -0.05) is 46.3 Å². The van der Waals surface area contributed by atoms with Crippen LogP contribution in [-0.2, 0) is 35.7 Å². The second-order valence-corrected chi connectivity index (χ2v) is 13.6. The lowest BCUT2D eigenvalue weighted by Gasteiger charge is -2.35. The van der Waals surface area contributed by atoms with Gasteiger partial charge in [-0.05, 0) is 67.5 Å². The Morgan fingerprint density at radius 2 is 1.59 bits per heavy atom. The second-order valence-electron chi connectivity index (χ2n) is 9.69. The number of anilines is 1. The molecule has 1 fully saturated rings. The average Bonchev–Trinajstić information content (AvgIpc) is 3.31. The second kappa shape index (κ2) is 10.4. The van der Waals surface area contributed by atoms with Gasteiger partial charge in [0, 0.05) is 41.9 Å². The zero-order valence-corrected chi connectivity index (χ0v) is 23.8. The van der Waals surface area contributed by atoms with Crippen molar-refractivity contribution in [3.8, 4) is 0 Å². The number of halogens is 1. The maximum absolute atomic E-state index is 13.2. The summed E-state index contributed by atoms with van der Waals surface area (Å²) in [6.45, 7) is 2.11. The van der Waals surface area contributed by atoms with Crippen molar-refractivity contribution in [1.82, 2.24) is 14.3 Å². The minimum atomic E-state index is -3.52. The van der Waals surface area contributed by atoms with Crippen molar-refractivity contribution in [3.63, 3.8) is 0 Å². The van der Waals surface area contributed by atoms with Crippen LogP contribution in [0.2, 0.25) is 0 Å². The number of hydrogen-bond acceptors (Lipinski definition) is 6. The lowest BCUT2D eigenvalue weighted by atomic mass is 9.97. The van der Waals surface area contributed by atoms with Crippen LogP contribution in [0.1, 0.15) is 34.7 Å². The summed E-state index contributed by atoms with van der Waals surface area (Å²) in [6, 6.07) is 17.3. The predicted octanol–water partition coefficient (Wildman–Crippen LogP) is 5.63. The summed E-state index contributed by atoms with van der Waals surface area (Å²) in [7, 11) is -3.52. The maximum Gasteiger partial charge on any atom is 0.243 e. The topological polar surface area (TPSA) is 66.4 Å². The van der Waals surface area contributed by atoms with E-state index in [1.54, 1.807) is 28.6 Å². The number of aryl methyl sites for hydroxylation is 4. The molecule has 6 rings (SSSR count). The minimum Gasteiger partial charge on any atom is -0.353 e. The van der Waals surface area contributed by atoms with Crippen molar-refractivity contribution < 1.29 is 8.42 Å². The Kier molecular flexibility index (Phi) is 7.05. The van der Waals surface area contributed by atoms with Crippen LogP contribution in [0.5, 0.6) is 0 Å². The van der Waals surface area contributed by atoms with Gasteiger partial charge in [-0.2, -0.15) is 4.31 Å². The van der Waals surface area contributed by atoms with Gasteiger partial charge in [-0.15, -0.1) is 11.3 Å². The van der Waals surface area contributed by atoms with E-state index in [2.05, 4.69) is 45.1 Å². The summed E-state index contributed by atoms with van der Waals surface area (Å²) < 4.78 is 29.0. The van der Waals surface area contributed by atoms with Crippen molar-refractivity contribution in [2.24, 2.45) is 0 Å². The molecule has 1 saturated heterocycles. The van der Waals surface area contributed by atoms with E-state index in [1.165, 1.54) is 34.2 Å². The Balaban J connectivity index is 1.28. The van der Waals surface area contributed by atoms with Gasteiger partial charge in [0.05, 0.1) is 10.3 Å². The zero-order chi connectivity index (χ0) is 25.4. The molecule has 1 aliphatic carbocycles. The molecule has 0 bridgehead atoms.